The van der Waals surface area contributed by atoms with E-state index in [1.807, 2.05) is 0 Å². The quantitative estimate of drug-likeness (QED) is 0.428. The molecule has 0 atom stereocenters. The van der Waals surface area contributed by atoms with Crippen LogP contribution in [0.2, 0.25) is 0 Å². The first-order valence-corrected chi connectivity index (χ1v) is 5.80. The molecule has 2 nitrogen and oxygen atoms in total. The van der Waals surface area contributed by atoms with Gasteiger partial charge in [0, 0.05) is 6.92 Å². The Morgan fingerprint density at radius 1 is 1.33 bits per heavy atom. The van der Waals surface area contributed by atoms with Gasteiger partial charge in [0.2, 0.25) is 0 Å². The first-order chi connectivity index (χ1) is 6.75. The van der Waals surface area contributed by atoms with Gasteiger partial charge in [-0.25, -0.2) is 9.13 Å². The average molecular weight is 246 g/mol. The van der Waals surface area contributed by atoms with Gasteiger partial charge in [0.1, 0.15) is 12.4 Å². The summed E-state index contributed by atoms with van der Waals surface area (Å²) in [5, 5.41) is 0. The summed E-state index contributed by atoms with van der Waals surface area (Å²) in [5.41, 5.74) is 0. The summed E-state index contributed by atoms with van der Waals surface area (Å²) in [6.45, 7) is 5.46. The molecule has 15 heavy (non-hydrogen) atoms. The third-order valence-corrected chi connectivity index (χ3v) is 1.86. The van der Waals surface area contributed by atoms with Crippen molar-refractivity contribution in [2.45, 2.75) is 26.8 Å². The van der Waals surface area contributed by atoms with Crippen LogP contribution in [0.5, 0.6) is 0 Å². The molecule has 1 aromatic heterocycles. The standard InChI is InChI=1S/C8H15N2.F4P/c1-4-5-10-7-6-9(3)8(10)2;1-5(2,3)4/h6-7H,4-5H2,1-3H3;/q+1;-1. The summed E-state index contributed by atoms with van der Waals surface area (Å²) < 4.78 is 43.6. The van der Waals surface area contributed by atoms with Gasteiger partial charge in [-0.3, -0.25) is 0 Å². The zero-order valence-corrected chi connectivity index (χ0v) is 9.82. The van der Waals surface area contributed by atoms with E-state index in [1.165, 1.54) is 12.2 Å². The van der Waals surface area contributed by atoms with Crippen LogP contribution in [0.3, 0.4) is 0 Å². The monoisotopic (exact) mass is 246 g/mol. The summed E-state index contributed by atoms with van der Waals surface area (Å²) in [6, 6.07) is 0. The van der Waals surface area contributed by atoms with Crippen molar-refractivity contribution in [3.8, 4) is 0 Å². The molecule has 0 spiro atoms. The molecule has 0 radical (unpaired) electrons. The molecule has 0 unspecified atom stereocenters. The molecule has 0 aliphatic heterocycles. The predicted molar refractivity (Wildman–Crippen MR) is 52.0 cm³/mol. The van der Waals surface area contributed by atoms with E-state index in [0.29, 0.717) is 0 Å². The van der Waals surface area contributed by atoms with E-state index < -0.39 is 8.51 Å². The number of aromatic nitrogens is 2. The molecule has 0 aliphatic rings. The Hall–Kier alpha value is -0.640. The minimum atomic E-state index is -6.39. The third kappa shape index (κ3) is 7.31. The molecule has 0 fully saturated rings. The molecule has 1 heterocycles. The summed E-state index contributed by atoms with van der Waals surface area (Å²) >= 11 is 0. The van der Waals surface area contributed by atoms with Crippen molar-refractivity contribution in [2.24, 2.45) is 7.05 Å². The molecule has 0 aromatic carbocycles. The predicted octanol–water partition coefficient (Wildman–Crippen LogP) is 3.57. The van der Waals surface area contributed by atoms with Gasteiger partial charge in [0.25, 0.3) is 5.82 Å². The number of hydrogen-bond donors (Lipinski definition) is 0. The molecule has 0 bridgehead atoms. The van der Waals surface area contributed by atoms with Gasteiger partial charge in [-0.15, -0.1) is 0 Å². The van der Waals surface area contributed by atoms with Crippen LogP contribution in [0.4, 0.5) is 16.8 Å². The molecule has 0 amide bonds. The first kappa shape index (κ1) is 14.4. The van der Waals surface area contributed by atoms with Crippen LogP contribution in [0.25, 0.3) is 0 Å². The fourth-order valence-corrected chi connectivity index (χ4v) is 1.08. The molecule has 0 N–H and O–H groups in total. The van der Waals surface area contributed by atoms with Crippen molar-refractivity contribution >= 4 is 8.51 Å². The molecule has 1 aromatic rings. The van der Waals surface area contributed by atoms with Crippen LogP contribution in [0.1, 0.15) is 19.2 Å². The molecule has 0 saturated carbocycles. The maximum atomic E-state index is 9.80. The number of hydrogen-bond acceptors (Lipinski definition) is 0. The average Bonchev–Trinajstić information content (AvgIpc) is 2.34. The zero-order valence-electron chi connectivity index (χ0n) is 8.92. The molecule has 0 saturated heterocycles. The Kier molecular flexibility index (Phi) is 5.80. The normalized spacial score (nSPS) is 11.9. The van der Waals surface area contributed by atoms with E-state index in [9.17, 15) is 16.8 Å². The van der Waals surface area contributed by atoms with Gasteiger partial charge in [-0.1, -0.05) is 6.92 Å². The van der Waals surface area contributed by atoms with E-state index in [4.69, 9.17) is 0 Å². The SMILES string of the molecule is CCCn1cc[n+](C)c1C.F[P-](F)(F)F. The van der Waals surface area contributed by atoms with Crippen molar-refractivity contribution in [1.82, 2.24) is 4.57 Å². The van der Waals surface area contributed by atoms with E-state index in [2.05, 4.69) is 42.4 Å². The zero-order chi connectivity index (χ0) is 12.1. The van der Waals surface area contributed by atoms with Gasteiger partial charge in [0.05, 0.1) is 13.6 Å². The Morgan fingerprint density at radius 3 is 2.07 bits per heavy atom. The van der Waals surface area contributed by atoms with Crippen molar-refractivity contribution in [2.75, 3.05) is 0 Å². The van der Waals surface area contributed by atoms with E-state index in [1.54, 1.807) is 0 Å². The van der Waals surface area contributed by atoms with Crippen LogP contribution in [0.15, 0.2) is 12.4 Å². The fourth-order valence-electron chi connectivity index (χ4n) is 1.08. The minimum absolute atomic E-state index is 1.13. The van der Waals surface area contributed by atoms with Gasteiger partial charge in [-0.05, 0) is 6.42 Å². The van der Waals surface area contributed by atoms with Crippen LogP contribution < -0.4 is 4.57 Å². The van der Waals surface area contributed by atoms with E-state index >= 15 is 0 Å². The number of aryl methyl sites for hydroxylation is 2. The first-order valence-electron chi connectivity index (χ1n) is 4.44. The van der Waals surface area contributed by atoms with Crippen molar-refractivity contribution in [3.05, 3.63) is 18.2 Å². The van der Waals surface area contributed by atoms with Gasteiger partial charge in [0.15, 0.2) is 0 Å². The summed E-state index contributed by atoms with van der Waals surface area (Å²) in [4.78, 5) is 0. The number of nitrogens with zero attached hydrogens (tertiary/aromatic N) is 2. The molecular formula is C8H15F4N2P. The molecule has 90 valence electrons. The second-order valence-electron chi connectivity index (χ2n) is 3.03. The Bertz CT molecular complexity index is 289. The Labute approximate surface area is 87.3 Å². The number of rotatable bonds is 2. The van der Waals surface area contributed by atoms with Crippen LogP contribution in [-0.4, -0.2) is 4.57 Å². The van der Waals surface area contributed by atoms with Gasteiger partial charge < -0.3 is 0 Å². The van der Waals surface area contributed by atoms with Crippen molar-refractivity contribution in [3.63, 3.8) is 0 Å². The fraction of sp³-hybridized carbons (Fsp3) is 0.625. The Balaban J connectivity index is 0.000000336. The molecule has 0 aliphatic carbocycles. The molecular weight excluding hydrogens is 231 g/mol. The third-order valence-electron chi connectivity index (χ3n) is 1.86. The summed E-state index contributed by atoms with van der Waals surface area (Å²) in [6.07, 6.45) is 5.42. The summed E-state index contributed by atoms with van der Waals surface area (Å²) in [5.74, 6) is 1.32. The van der Waals surface area contributed by atoms with Crippen LogP contribution >= 0.6 is 8.51 Å². The topological polar surface area (TPSA) is 8.81 Å². The van der Waals surface area contributed by atoms with Crippen LogP contribution in [-0.2, 0) is 13.6 Å². The second-order valence-corrected chi connectivity index (χ2v) is 3.80. The number of halogens is 4. The van der Waals surface area contributed by atoms with Gasteiger partial charge >= 0.3 is 25.3 Å². The van der Waals surface area contributed by atoms with E-state index in [-0.39, 0.29) is 0 Å². The number of imidazole rings is 1. The van der Waals surface area contributed by atoms with Crippen molar-refractivity contribution in [1.29, 1.82) is 0 Å². The molecule has 7 heteroatoms. The maximum absolute atomic E-state index is 9.80. The summed E-state index contributed by atoms with van der Waals surface area (Å²) in [7, 11) is -4.32. The van der Waals surface area contributed by atoms with E-state index in [0.717, 1.165) is 6.54 Å². The van der Waals surface area contributed by atoms with Gasteiger partial charge in [-0.2, -0.15) is 0 Å². The van der Waals surface area contributed by atoms with Crippen molar-refractivity contribution < 1.29 is 21.4 Å². The van der Waals surface area contributed by atoms with Crippen LogP contribution in [0, 0.1) is 6.92 Å². The Morgan fingerprint density at radius 2 is 1.80 bits per heavy atom. The molecule has 1 rings (SSSR count). The second kappa shape index (κ2) is 6.05.